The molecule has 7 nitrogen and oxygen atoms in total. The van der Waals surface area contributed by atoms with E-state index in [0.29, 0.717) is 17.9 Å². The summed E-state index contributed by atoms with van der Waals surface area (Å²) in [6, 6.07) is 7.86. The second kappa shape index (κ2) is 8.46. The van der Waals surface area contributed by atoms with Gasteiger partial charge in [-0.05, 0) is 42.8 Å². The van der Waals surface area contributed by atoms with Crippen LogP contribution in [-0.4, -0.2) is 49.7 Å². The van der Waals surface area contributed by atoms with Gasteiger partial charge >= 0.3 is 6.36 Å². The van der Waals surface area contributed by atoms with Crippen LogP contribution in [0.25, 0.3) is 0 Å². The molecule has 29 heavy (non-hydrogen) atoms. The number of sulfone groups is 1. The van der Waals surface area contributed by atoms with Crippen molar-refractivity contribution >= 4 is 21.4 Å². The van der Waals surface area contributed by atoms with Gasteiger partial charge in [0.2, 0.25) is 5.91 Å². The number of halogens is 3. The summed E-state index contributed by atoms with van der Waals surface area (Å²) in [7, 11) is -3.14. The fourth-order valence-corrected chi connectivity index (χ4v) is 4.87. The lowest BCUT2D eigenvalue weighted by Gasteiger charge is -2.26. The summed E-state index contributed by atoms with van der Waals surface area (Å²) in [5.41, 5.74) is 0.293. The zero-order valence-electron chi connectivity index (χ0n) is 15.2. The Morgan fingerprint density at radius 2 is 1.97 bits per heavy atom. The molecule has 0 aliphatic carbocycles. The van der Waals surface area contributed by atoms with Crippen LogP contribution >= 0.6 is 0 Å². The number of carbonyl (C=O) groups excluding carboxylic acids is 1. The SMILES string of the molecule is O=C(CN(Cc1ccco1)C1CCS(=O)(=O)C1)Nc1ccc(OC(F)(F)F)cc1. The fourth-order valence-electron chi connectivity index (χ4n) is 3.11. The number of hydrogen-bond acceptors (Lipinski definition) is 6. The first kappa shape index (κ1) is 21.2. The van der Waals surface area contributed by atoms with Gasteiger partial charge in [0.25, 0.3) is 0 Å². The van der Waals surface area contributed by atoms with Crippen molar-refractivity contribution in [3.63, 3.8) is 0 Å². The quantitative estimate of drug-likeness (QED) is 0.724. The maximum absolute atomic E-state index is 12.4. The van der Waals surface area contributed by atoms with E-state index in [2.05, 4.69) is 10.1 Å². The molecule has 1 atom stereocenters. The van der Waals surface area contributed by atoms with Crippen LogP contribution in [0.2, 0.25) is 0 Å². The molecule has 1 saturated heterocycles. The Bertz CT molecular complexity index is 927. The van der Waals surface area contributed by atoms with Gasteiger partial charge in [0.15, 0.2) is 9.84 Å². The highest BCUT2D eigenvalue weighted by Crippen LogP contribution is 2.24. The molecule has 1 aromatic carbocycles. The molecule has 1 amide bonds. The van der Waals surface area contributed by atoms with E-state index < -0.39 is 27.9 Å². The number of amides is 1. The second-order valence-corrected chi connectivity index (χ2v) is 8.89. The predicted octanol–water partition coefficient (Wildman–Crippen LogP) is 2.81. The average Bonchev–Trinajstić information content (AvgIpc) is 3.24. The molecule has 158 valence electrons. The van der Waals surface area contributed by atoms with Gasteiger partial charge < -0.3 is 14.5 Å². The third-order valence-corrected chi connectivity index (χ3v) is 6.13. The summed E-state index contributed by atoms with van der Waals surface area (Å²) < 4.78 is 69.3. The van der Waals surface area contributed by atoms with Crippen LogP contribution in [0.15, 0.2) is 47.1 Å². The maximum Gasteiger partial charge on any atom is 0.573 e. The molecule has 1 N–H and O–H groups in total. The zero-order valence-corrected chi connectivity index (χ0v) is 16.0. The first-order valence-electron chi connectivity index (χ1n) is 8.72. The molecule has 0 radical (unpaired) electrons. The van der Waals surface area contributed by atoms with E-state index in [9.17, 15) is 26.4 Å². The highest BCUT2D eigenvalue weighted by Gasteiger charge is 2.33. The van der Waals surface area contributed by atoms with Crippen molar-refractivity contribution < 1.29 is 35.5 Å². The van der Waals surface area contributed by atoms with E-state index in [0.717, 1.165) is 12.1 Å². The average molecular weight is 432 g/mol. The van der Waals surface area contributed by atoms with E-state index in [1.165, 1.54) is 18.4 Å². The first-order chi connectivity index (χ1) is 13.6. The summed E-state index contributed by atoms with van der Waals surface area (Å²) in [5.74, 6) is -0.203. The lowest BCUT2D eigenvalue weighted by molar-refractivity contribution is -0.274. The van der Waals surface area contributed by atoms with E-state index in [4.69, 9.17) is 4.42 Å². The van der Waals surface area contributed by atoms with Gasteiger partial charge in [0, 0.05) is 11.7 Å². The van der Waals surface area contributed by atoms with Gasteiger partial charge in [-0.1, -0.05) is 0 Å². The Morgan fingerprint density at radius 3 is 2.52 bits per heavy atom. The van der Waals surface area contributed by atoms with Crippen LogP contribution in [0.4, 0.5) is 18.9 Å². The molecule has 0 spiro atoms. The number of ether oxygens (including phenoxy) is 1. The monoisotopic (exact) mass is 432 g/mol. The van der Waals surface area contributed by atoms with Gasteiger partial charge in [0.05, 0.1) is 30.9 Å². The summed E-state index contributed by atoms with van der Waals surface area (Å²) in [4.78, 5) is 14.2. The third-order valence-electron chi connectivity index (χ3n) is 4.38. The van der Waals surface area contributed by atoms with Crippen molar-refractivity contribution in [1.82, 2.24) is 4.90 Å². The molecular weight excluding hydrogens is 413 g/mol. The lowest BCUT2D eigenvalue weighted by atomic mass is 10.2. The number of hydrogen-bond donors (Lipinski definition) is 1. The van der Waals surface area contributed by atoms with E-state index in [-0.39, 0.29) is 30.6 Å². The molecule has 1 aliphatic heterocycles. The van der Waals surface area contributed by atoms with Crippen molar-refractivity contribution in [2.45, 2.75) is 25.4 Å². The number of nitrogens with zero attached hydrogens (tertiary/aromatic N) is 1. The van der Waals surface area contributed by atoms with Crippen molar-refractivity contribution in [2.24, 2.45) is 0 Å². The Hall–Kier alpha value is -2.53. The molecule has 0 bridgehead atoms. The van der Waals surface area contributed by atoms with Crippen LogP contribution in [0, 0.1) is 0 Å². The summed E-state index contributed by atoms with van der Waals surface area (Å²) in [6.07, 6.45) is -2.89. The van der Waals surface area contributed by atoms with E-state index in [1.54, 1.807) is 17.0 Å². The second-order valence-electron chi connectivity index (χ2n) is 6.66. The molecule has 2 heterocycles. The predicted molar refractivity (Wildman–Crippen MR) is 97.9 cm³/mol. The van der Waals surface area contributed by atoms with Gasteiger partial charge in [-0.2, -0.15) is 0 Å². The Morgan fingerprint density at radius 1 is 1.24 bits per heavy atom. The molecule has 3 rings (SSSR count). The first-order valence-corrected chi connectivity index (χ1v) is 10.5. The topological polar surface area (TPSA) is 88.9 Å². The summed E-state index contributed by atoms with van der Waals surface area (Å²) >= 11 is 0. The highest BCUT2D eigenvalue weighted by atomic mass is 32.2. The van der Waals surface area contributed by atoms with Crippen LogP contribution in [0.5, 0.6) is 5.75 Å². The fraction of sp³-hybridized carbons (Fsp3) is 0.389. The number of alkyl halides is 3. The summed E-state index contributed by atoms with van der Waals surface area (Å²) in [5, 5.41) is 2.59. The Labute approximate surface area is 165 Å². The van der Waals surface area contributed by atoms with E-state index in [1.807, 2.05) is 0 Å². The highest BCUT2D eigenvalue weighted by molar-refractivity contribution is 7.91. The minimum absolute atomic E-state index is 0.0372. The van der Waals surface area contributed by atoms with Crippen LogP contribution in [0.1, 0.15) is 12.2 Å². The molecule has 11 heteroatoms. The standard InChI is InChI=1S/C18H19F3N2O5S/c19-18(20,21)28-15-5-3-13(4-6-15)22-17(24)11-23(10-16-2-1-8-27-16)14-7-9-29(25,26)12-14/h1-6,8,14H,7,9-12H2,(H,22,24). The zero-order chi connectivity index (χ0) is 21.1. The lowest BCUT2D eigenvalue weighted by Crippen LogP contribution is -2.41. The van der Waals surface area contributed by atoms with Crippen LogP contribution in [0.3, 0.4) is 0 Å². The maximum atomic E-state index is 12.4. The van der Waals surface area contributed by atoms with Crippen molar-refractivity contribution in [2.75, 3.05) is 23.4 Å². The van der Waals surface area contributed by atoms with Gasteiger partial charge in [-0.3, -0.25) is 9.69 Å². The molecule has 0 saturated carbocycles. The molecular formula is C18H19F3N2O5S. The minimum Gasteiger partial charge on any atom is -0.468 e. The third kappa shape index (κ3) is 6.50. The van der Waals surface area contributed by atoms with Gasteiger partial charge in [0.1, 0.15) is 11.5 Å². The van der Waals surface area contributed by atoms with E-state index >= 15 is 0 Å². The van der Waals surface area contributed by atoms with Crippen molar-refractivity contribution in [3.05, 3.63) is 48.4 Å². The smallest absolute Gasteiger partial charge is 0.468 e. The van der Waals surface area contributed by atoms with Gasteiger partial charge in [-0.25, -0.2) is 8.42 Å². The van der Waals surface area contributed by atoms with Crippen molar-refractivity contribution in [1.29, 1.82) is 0 Å². The molecule has 1 unspecified atom stereocenters. The number of carbonyl (C=O) groups is 1. The molecule has 1 aromatic heterocycles. The Kier molecular flexibility index (Phi) is 6.18. The molecule has 1 aliphatic rings. The Balaban J connectivity index is 1.63. The van der Waals surface area contributed by atoms with Crippen molar-refractivity contribution in [3.8, 4) is 5.75 Å². The summed E-state index contributed by atoms with van der Waals surface area (Å²) in [6.45, 7) is 0.167. The normalized spacial score (nSPS) is 18.7. The van der Waals surface area contributed by atoms with Gasteiger partial charge in [-0.15, -0.1) is 13.2 Å². The number of anilines is 1. The number of benzene rings is 1. The number of nitrogens with one attached hydrogen (secondary N) is 1. The molecule has 2 aromatic rings. The van der Waals surface area contributed by atoms with Crippen LogP contribution < -0.4 is 10.1 Å². The molecule has 1 fully saturated rings. The largest absolute Gasteiger partial charge is 0.573 e. The number of furan rings is 1. The van der Waals surface area contributed by atoms with Crippen LogP contribution in [-0.2, 0) is 21.2 Å². The minimum atomic E-state index is -4.79. The number of rotatable bonds is 7.